The molecule has 16 heavy (non-hydrogen) atoms. The predicted octanol–water partition coefficient (Wildman–Crippen LogP) is 1.36. The molecule has 2 N–H and O–H groups in total. The largest absolute Gasteiger partial charge is 0.351 e. The zero-order valence-corrected chi connectivity index (χ0v) is 9.58. The lowest BCUT2D eigenvalue weighted by Gasteiger charge is -2.21. The number of H-pyrrole nitrogens is 1. The van der Waals surface area contributed by atoms with E-state index in [1.165, 1.54) is 0 Å². The molecule has 0 bridgehead atoms. The Morgan fingerprint density at radius 3 is 2.75 bits per heavy atom. The van der Waals surface area contributed by atoms with Crippen LogP contribution in [0.15, 0.2) is 12.4 Å². The van der Waals surface area contributed by atoms with E-state index in [0.717, 1.165) is 5.56 Å². The fraction of sp³-hybridized carbons (Fsp3) is 0.545. The molecule has 0 radical (unpaired) electrons. The van der Waals surface area contributed by atoms with Crippen molar-refractivity contribution < 1.29 is 4.79 Å². The fourth-order valence-electron chi connectivity index (χ4n) is 1.51. The first-order chi connectivity index (χ1) is 7.68. The van der Waals surface area contributed by atoms with Gasteiger partial charge in [0.1, 0.15) is 5.41 Å². The lowest BCUT2D eigenvalue weighted by molar-refractivity contribution is -0.128. The average Bonchev–Trinajstić information content (AvgIpc) is 2.82. The third-order valence-electron chi connectivity index (χ3n) is 2.86. The number of carbonyl (C=O) groups excluding carboxylic acids is 1. The molecular formula is C11H16N4O. The second-order valence-electron chi connectivity index (χ2n) is 3.69. The van der Waals surface area contributed by atoms with Crippen molar-refractivity contribution in [3.8, 4) is 6.07 Å². The van der Waals surface area contributed by atoms with Crippen molar-refractivity contribution in [3.05, 3.63) is 18.0 Å². The highest BCUT2D eigenvalue weighted by molar-refractivity contribution is 5.85. The van der Waals surface area contributed by atoms with Crippen LogP contribution in [-0.4, -0.2) is 16.1 Å². The molecule has 0 spiro atoms. The Bertz CT molecular complexity index is 373. The monoisotopic (exact) mass is 220 g/mol. The van der Waals surface area contributed by atoms with Gasteiger partial charge in [-0.3, -0.25) is 9.89 Å². The van der Waals surface area contributed by atoms with Gasteiger partial charge in [0, 0.05) is 18.3 Å². The number of aromatic nitrogens is 2. The van der Waals surface area contributed by atoms with Crippen molar-refractivity contribution in [2.45, 2.75) is 33.2 Å². The molecule has 86 valence electrons. The molecular weight excluding hydrogens is 204 g/mol. The molecule has 0 aromatic carbocycles. The van der Waals surface area contributed by atoms with Crippen molar-refractivity contribution in [2.24, 2.45) is 5.41 Å². The van der Waals surface area contributed by atoms with Crippen molar-refractivity contribution >= 4 is 5.91 Å². The number of nitrogens with one attached hydrogen (secondary N) is 2. The van der Waals surface area contributed by atoms with E-state index in [4.69, 9.17) is 5.26 Å². The van der Waals surface area contributed by atoms with Gasteiger partial charge in [-0.25, -0.2) is 0 Å². The molecule has 0 aliphatic rings. The first-order valence-electron chi connectivity index (χ1n) is 5.35. The summed E-state index contributed by atoms with van der Waals surface area (Å²) in [4.78, 5) is 11.9. The summed E-state index contributed by atoms with van der Waals surface area (Å²) in [6.45, 7) is 4.10. The fourth-order valence-corrected chi connectivity index (χ4v) is 1.51. The number of nitrogens with zero attached hydrogens (tertiary/aromatic N) is 2. The number of aromatic amines is 1. The average molecular weight is 220 g/mol. The molecule has 0 aliphatic carbocycles. The molecule has 0 unspecified atom stereocenters. The normalized spacial score (nSPS) is 10.8. The van der Waals surface area contributed by atoms with E-state index in [1.54, 1.807) is 12.4 Å². The van der Waals surface area contributed by atoms with Crippen LogP contribution in [0.1, 0.15) is 32.3 Å². The van der Waals surface area contributed by atoms with Crippen LogP contribution < -0.4 is 5.32 Å². The maximum atomic E-state index is 11.9. The van der Waals surface area contributed by atoms with E-state index in [1.807, 2.05) is 13.8 Å². The molecule has 5 heteroatoms. The van der Waals surface area contributed by atoms with E-state index in [9.17, 15) is 4.79 Å². The van der Waals surface area contributed by atoms with Crippen LogP contribution in [0, 0.1) is 16.7 Å². The lowest BCUT2D eigenvalue weighted by atomic mass is 9.83. The molecule has 5 nitrogen and oxygen atoms in total. The van der Waals surface area contributed by atoms with Crippen molar-refractivity contribution in [3.63, 3.8) is 0 Å². The molecule has 1 heterocycles. The van der Waals surface area contributed by atoms with E-state index in [2.05, 4.69) is 21.6 Å². The summed E-state index contributed by atoms with van der Waals surface area (Å²) in [5.41, 5.74) is -0.00333. The standard InChI is InChI=1S/C11H16N4O/c1-3-11(4-2,8-12)10(16)13-5-9-6-14-15-7-9/h6-7H,3-5H2,1-2H3,(H,13,16)(H,14,15). The molecule has 0 aliphatic heterocycles. The molecule has 0 atom stereocenters. The van der Waals surface area contributed by atoms with Gasteiger partial charge in [-0.1, -0.05) is 13.8 Å². The highest BCUT2D eigenvalue weighted by Gasteiger charge is 2.34. The van der Waals surface area contributed by atoms with Gasteiger partial charge in [0.25, 0.3) is 0 Å². The van der Waals surface area contributed by atoms with Gasteiger partial charge in [-0.05, 0) is 12.8 Å². The Balaban J connectivity index is 2.61. The maximum Gasteiger partial charge on any atom is 0.240 e. The summed E-state index contributed by atoms with van der Waals surface area (Å²) in [5, 5.41) is 18.3. The quantitative estimate of drug-likeness (QED) is 0.786. The van der Waals surface area contributed by atoms with Crippen LogP contribution >= 0.6 is 0 Å². The minimum Gasteiger partial charge on any atom is -0.351 e. The third kappa shape index (κ3) is 2.40. The zero-order chi connectivity index (χ0) is 12.0. The van der Waals surface area contributed by atoms with E-state index >= 15 is 0 Å². The summed E-state index contributed by atoms with van der Waals surface area (Å²) < 4.78 is 0. The number of nitriles is 1. The Labute approximate surface area is 94.9 Å². The SMILES string of the molecule is CCC(C#N)(CC)C(=O)NCc1cn[nH]c1. The van der Waals surface area contributed by atoms with Crippen LogP contribution in [0.2, 0.25) is 0 Å². The number of hydrogen-bond donors (Lipinski definition) is 2. The van der Waals surface area contributed by atoms with Gasteiger partial charge in [0.05, 0.1) is 12.3 Å². The maximum absolute atomic E-state index is 11.9. The summed E-state index contributed by atoms with van der Waals surface area (Å²) in [7, 11) is 0. The summed E-state index contributed by atoms with van der Waals surface area (Å²) in [6.07, 6.45) is 4.41. The number of amides is 1. The Hall–Kier alpha value is -1.83. The zero-order valence-electron chi connectivity index (χ0n) is 9.58. The highest BCUT2D eigenvalue weighted by Crippen LogP contribution is 2.25. The van der Waals surface area contributed by atoms with E-state index in [-0.39, 0.29) is 5.91 Å². The van der Waals surface area contributed by atoms with Crippen LogP contribution in [0.3, 0.4) is 0 Å². The smallest absolute Gasteiger partial charge is 0.240 e. The lowest BCUT2D eigenvalue weighted by Crippen LogP contribution is -2.38. The van der Waals surface area contributed by atoms with Crippen LogP contribution in [-0.2, 0) is 11.3 Å². The minimum absolute atomic E-state index is 0.207. The van der Waals surface area contributed by atoms with Gasteiger partial charge in [-0.15, -0.1) is 0 Å². The van der Waals surface area contributed by atoms with Crippen molar-refractivity contribution in [2.75, 3.05) is 0 Å². The molecule has 0 saturated heterocycles. The second-order valence-corrected chi connectivity index (χ2v) is 3.69. The minimum atomic E-state index is -0.899. The van der Waals surface area contributed by atoms with Gasteiger partial charge in [0.2, 0.25) is 5.91 Å². The summed E-state index contributed by atoms with van der Waals surface area (Å²) in [6, 6.07) is 2.11. The molecule has 0 fully saturated rings. The van der Waals surface area contributed by atoms with Crippen LogP contribution in [0.25, 0.3) is 0 Å². The summed E-state index contributed by atoms with van der Waals surface area (Å²) >= 11 is 0. The molecule has 1 rings (SSSR count). The molecule has 1 aromatic heterocycles. The molecule has 1 amide bonds. The first-order valence-corrected chi connectivity index (χ1v) is 5.35. The van der Waals surface area contributed by atoms with Crippen LogP contribution in [0.4, 0.5) is 0 Å². The Kier molecular flexibility index (Phi) is 4.06. The van der Waals surface area contributed by atoms with E-state index < -0.39 is 5.41 Å². The van der Waals surface area contributed by atoms with Gasteiger partial charge in [0.15, 0.2) is 0 Å². The predicted molar refractivity (Wildman–Crippen MR) is 59.1 cm³/mol. The highest BCUT2D eigenvalue weighted by atomic mass is 16.2. The van der Waals surface area contributed by atoms with Gasteiger partial charge < -0.3 is 5.32 Å². The van der Waals surface area contributed by atoms with Crippen molar-refractivity contribution in [1.82, 2.24) is 15.5 Å². The van der Waals surface area contributed by atoms with Crippen molar-refractivity contribution in [1.29, 1.82) is 5.26 Å². The number of rotatable bonds is 5. The molecule has 0 saturated carbocycles. The van der Waals surface area contributed by atoms with Gasteiger partial charge >= 0.3 is 0 Å². The molecule has 1 aromatic rings. The van der Waals surface area contributed by atoms with Gasteiger partial charge in [-0.2, -0.15) is 10.4 Å². The Morgan fingerprint density at radius 1 is 1.62 bits per heavy atom. The number of hydrogen-bond acceptors (Lipinski definition) is 3. The third-order valence-corrected chi connectivity index (χ3v) is 2.86. The first kappa shape index (κ1) is 12.2. The van der Waals surface area contributed by atoms with Crippen LogP contribution in [0.5, 0.6) is 0 Å². The Morgan fingerprint density at radius 2 is 2.31 bits per heavy atom. The summed E-state index contributed by atoms with van der Waals surface area (Å²) in [5.74, 6) is -0.207. The topological polar surface area (TPSA) is 81.6 Å². The second kappa shape index (κ2) is 5.31. The van der Waals surface area contributed by atoms with E-state index in [0.29, 0.717) is 19.4 Å². The number of carbonyl (C=O) groups is 1.